The maximum absolute atomic E-state index is 12.4. The summed E-state index contributed by atoms with van der Waals surface area (Å²) in [5.74, 6) is 0.277. The number of carbonyl (C=O) groups excluding carboxylic acids is 1. The van der Waals surface area contributed by atoms with Gasteiger partial charge in [-0.25, -0.2) is 0 Å². The summed E-state index contributed by atoms with van der Waals surface area (Å²) in [4.78, 5) is 16.9. The van der Waals surface area contributed by atoms with E-state index < -0.39 is 0 Å². The van der Waals surface area contributed by atoms with Crippen LogP contribution in [0.2, 0.25) is 0 Å². The molecule has 0 aromatic heterocycles. The van der Waals surface area contributed by atoms with E-state index in [9.17, 15) is 4.79 Å². The van der Waals surface area contributed by atoms with Gasteiger partial charge in [0.25, 0.3) is 0 Å². The standard InChI is InChI=1S/C16H31N3O2/c1-21-16(6-5-7-16)14-15(20)19-12-10-18(11-13-19)9-4-2-3-8-17/h2-14,17H2,1H3. The zero-order chi connectivity index (χ0) is 15.1. The van der Waals surface area contributed by atoms with Crippen molar-refractivity contribution in [3.63, 3.8) is 0 Å². The zero-order valence-corrected chi connectivity index (χ0v) is 13.5. The summed E-state index contributed by atoms with van der Waals surface area (Å²) >= 11 is 0. The minimum absolute atomic E-state index is 0.142. The molecule has 0 radical (unpaired) electrons. The van der Waals surface area contributed by atoms with Gasteiger partial charge in [-0.15, -0.1) is 0 Å². The van der Waals surface area contributed by atoms with Crippen molar-refractivity contribution in [2.24, 2.45) is 5.73 Å². The van der Waals surface area contributed by atoms with Gasteiger partial charge in [0.05, 0.1) is 12.0 Å². The van der Waals surface area contributed by atoms with Crippen LogP contribution in [0.3, 0.4) is 0 Å². The Balaban J connectivity index is 1.65. The quantitative estimate of drug-likeness (QED) is 0.684. The van der Waals surface area contributed by atoms with Crippen LogP contribution in [0.15, 0.2) is 0 Å². The van der Waals surface area contributed by atoms with Crippen LogP contribution in [-0.4, -0.2) is 67.7 Å². The van der Waals surface area contributed by atoms with E-state index in [1.54, 1.807) is 7.11 Å². The van der Waals surface area contributed by atoms with Crippen molar-refractivity contribution in [2.45, 2.75) is 50.5 Å². The highest BCUT2D eigenvalue weighted by atomic mass is 16.5. The van der Waals surface area contributed by atoms with Crippen molar-refractivity contribution in [3.05, 3.63) is 0 Å². The fraction of sp³-hybridized carbons (Fsp3) is 0.938. The number of methoxy groups -OCH3 is 1. The van der Waals surface area contributed by atoms with E-state index >= 15 is 0 Å². The highest BCUT2D eigenvalue weighted by Gasteiger charge is 2.40. The van der Waals surface area contributed by atoms with E-state index in [0.29, 0.717) is 6.42 Å². The summed E-state index contributed by atoms with van der Waals surface area (Å²) < 4.78 is 5.56. The smallest absolute Gasteiger partial charge is 0.225 e. The highest BCUT2D eigenvalue weighted by molar-refractivity contribution is 5.77. The minimum Gasteiger partial charge on any atom is -0.378 e. The molecule has 1 aliphatic heterocycles. The second-order valence-electron chi connectivity index (χ2n) is 6.49. The summed E-state index contributed by atoms with van der Waals surface area (Å²) in [5.41, 5.74) is 5.37. The van der Waals surface area contributed by atoms with Gasteiger partial charge in [-0.1, -0.05) is 6.42 Å². The number of nitrogens with two attached hydrogens (primary N) is 1. The van der Waals surface area contributed by atoms with Gasteiger partial charge in [0.15, 0.2) is 0 Å². The lowest BCUT2D eigenvalue weighted by Gasteiger charge is -2.42. The van der Waals surface area contributed by atoms with Crippen LogP contribution in [0, 0.1) is 0 Å². The average molecular weight is 297 g/mol. The Bertz CT molecular complexity index is 318. The molecule has 2 aliphatic rings. The Kier molecular flexibility index (Phi) is 6.45. The van der Waals surface area contributed by atoms with Crippen molar-refractivity contribution in [1.29, 1.82) is 0 Å². The maximum Gasteiger partial charge on any atom is 0.225 e. The molecule has 0 aromatic rings. The van der Waals surface area contributed by atoms with Crippen molar-refractivity contribution in [1.82, 2.24) is 9.80 Å². The predicted molar refractivity (Wildman–Crippen MR) is 84.1 cm³/mol. The van der Waals surface area contributed by atoms with Crippen molar-refractivity contribution in [2.75, 3.05) is 46.4 Å². The normalized spacial score (nSPS) is 22.1. The molecule has 1 aliphatic carbocycles. The third-order valence-corrected chi connectivity index (χ3v) is 5.07. The van der Waals surface area contributed by atoms with Crippen LogP contribution in [0.5, 0.6) is 0 Å². The van der Waals surface area contributed by atoms with Crippen LogP contribution >= 0.6 is 0 Å². The first-order valence-corrected chi connectivity index (χ1v) is 8.44. The van der Waals surface area contributed by atoms with Crippen molar-refractivity contribution in [3.8, 4) is 0 Å². The molecule has 122 valence electrons. The van der Waals surface area contributed by atoms with Crippen molar-refractivity contribution >= 4 is 5.91 Å². The molecule has 1 amide bonds. The second-order valence-corrected chi connectivity index (χ2v) is 6.49. The molecule has 1 heterocycles. The van der Waals surface area contributed by atoms with Gasteiger partial charge >= 0.3 is 0 Å². The van der Waals surface area contributed by atoms with Gasteiger partial charge in [0.1, 0.15) is 0 Å². The van der Waals surface area contributed by atoms with Crippen LogP contribution in [-0.2, 0) is 9.53 Å². The number of amides is 1. The van der Waals surface area contributed by atoms with E-state index in [4.69, 9.17) is 10.5 Å². The third kappa shape index (κ3) is 4.66. The first-order valence-electron chi connectivity index (χ1n) is 8.44. The summed E-state index contributed by atoms with van der Waals surface area (Å²) in [7, 11) is 1.74. The number of carbonyl (C=O) groups is 1. The molecule has 5 heteroatoms. The summed E-state index contributed by atoms with van der Waals surface area (Å²) in [6, 6.07) is 0. The molecule has 2 rings (SSSR count). The molecule has 2 N–H and O–H groups in total. The highest BCUT2D eigenvalue weighted by Crippen LogP contribution is 2.38. The topological polar surface area (TPSA) is 58.8 Å². The molecule has 0 bridgehead atoms. The van der Waals surface area contributed by atoms with Crippen LogP contribution in [0.1, 0.15) is 44.9 Å². The SMILES string of the molecule is COC1(CC(=O)N2CCN(CCCCCN)CC2)CCC1. The average Bonchev–Trinajstić information content (AvgIpc) is 2.48. The molecular formula is C16H31N3O2. The summed E-state index contributed by atoms with van der Waals surface area (Å²) in [6.07, 6.45) is 7.39. The molecule has 2 fully saturated rings. The van der Waals surface area contributed by atoms with Gasteiger partial charge in [0.2, 0.25) is 5.91 Å². The van der Waals surface area contributed by atoms with Crippen molar-refractivity contribution < 1.29 is 9.53 Å². The number of rotatable bonds is 8. The Morgan fingerprint density at radius 1 is 1.14 bits per heavy atom. The monoisotopic (exact) mass is 297 g/mol. The Morgan fingerprint density at radius 3 is 2.38 bits per heavy atom. The Morgan fingerprint density at radius 2 is 1.86 bits per heavy atom. The number of nitrogens with zero attached hydrogens (tertiary/aromatic N) is 2. The van der Waals surface area contributed by atoms with E-state index in [2.05, 4.69) is 4.90 Å². The van der Waals surface area contributed by atoms with Crippen LogP contribution < -0.4 is 5.73 Å². The fourth-order valence-electron chi connectivity index (χ4n) is 3.29. The molecule has 0 unspecified atom stereocenters. The Labute approximate surface area is 128 Å². The first kappa shape index (κ1) is 16.7. The minimum atomic E-state index is -0.142. The zero-order valence-electron chi connectivity index (χ0n) is 13.5. The van der Waals surface area contributed by atoms with E-state index in [1.165, 1.54) is 19.3 Å². The largest absolute Gasteiger partial charge is 0.378 e. The van der Waals surface area contributed by atoms with Crippen LogP contribution in [0.25, 0.3) is 0 Å². The number of hydrogen-bond donors (Lipinski definition) is 1. The molecule has 1 saturated carbocycles. The predicted octanol–water partition coefficient (Wildman–Crippen LogP) is 1.22. The molecular weight excluding hydrogens is 266 g/mol. The van der Waals surface area contributed by atoms with Gasteiger partial charge in [0, 0.05) is 33.3 Å². The fourth-order valence-corrected chi connectivity index (χ4v) is 3.29. The summed E-state index contributed by atoms with van der Waals surface area (Å²) in [5, 5.41) is 0. The van der Waals surface area contributed by atoms with E-state index in [0.717, 1.165) is 58.5 Å². The Hall–Kier alpha value is -0.650. The van der Waals surface area contributed by atoms with Gasteiger partial charge < -0.3 is 15.4 Å². The van der Waals surface area contributed by atoms with E-state index in [1.807, 2.05) is 4.90 Å². The number of ether oxygens (including phenoxy) is 1. The van der Waals surface area contributed by atoms with Gasteiger partial charge in [-0.05, 0) is 45.2 Å². The van der Waals surface area contributed by atoms with E-state index in [-0.39, 0.29) is 11.5 Å². The van der Waals surface area contributed by atoms with Gasteiger partial charge in [-0.3, -0.25) is 9.69 Å². The second kappa shape index (κ2) is 8.11. The molecule has 0 aromatic carbocycles. The molecule has 5 nitrogen and oxygen atoms in total. The number of unbranched alkanes of at least 4 members (excludes halogenated alkanes) is 2. The molecule has 0 atom stereocenters. The lowest BCUT2D eigenvalue weighted by molar-refractivity contribution is -0.145. The van der Waals surface area contributed by atoms with Crippen LogP contribution in [0.4, 0.5) is 0 Å². The maximum atomic E-state index is 12.4. The lowest BCUT2D eigenvalue weighted by atomic mass is 9.77. The molecule has 0 spiro atoms. The summed E-state index contributed by atoms with van der Waals surface area (Å²) in [6.45, 7) is 5.70. The number of piperazine rings is 1. The molecule has 21 heavy (non-hydrogen) atoms. The first-order chi connectivity index (χ1) is 10.2. The molecule has 1 saturated heterocycles. The number of hydrogen-bond acceptors (Lipinski definition) is 4. The third-order valence-electron chi connectivity index (χ3n) is 5.07. The lowest BCUT2D eigenvalue weighted by Crippen LogP contribution is -2.51. The van der Waals surface area contributed by atoms with Gasteiger partial charge in [-0.2, -0.15) is 0 Å².